The molecular formula is C13H17BrN2. The monoisotopic (exact) mass is 280 g/mol. The summed E-state index contributed by atoms with van der Waals surface area (Å²) in [7, 11) is 0. The molecule has 2 fully saturated rings. The van der Waals surface area contributed by atoms with Crippen molar-refractivity contribution in [2.45, 2.75) is 18.9 Å². The Morgan fingerprint density at radius 3 is 2.81 bits per heavy atom. The Balaban J connectivity index is 1.74. The molecule has 0 spiro atoms. The highest BCUT2D eigenvalue weighted by molar-refractivity contribution is 9.10. The third-order valence-corrected chi connectivity index (χ3v) is 4.40. The Morgan fingerprint density at radius 2 is 2.00 bits per heavy atom. The van der Waals surface area contributed by atoms with Crippen molar-refractivity contribution >= 4 is 21.6 Å². The SMILES string of the molecule is Brc1ccc(N2CCC3CCNC3C2)cc1. The summed E-state index contributed by atoms with van der Waals surface area (Å²) < 4.78 is 1.16. The van der Waals surface area contributed by atoms with Gasteiger partial charge in [0.2, 0.25) is 0 Å². The smallest absolute Gasteiger partial charge is 0.0367 e. The minimum atomic E-state index is 0.720. The van der Waals surface area contributed by atoms with Crippen LogP contribution in [-0.2, 0) is 0 Å². The number of benzene rings is 1. The van der Waals surface area contributed by atoms with Gasteiger partial charge in [0.15, 0.2) is 0 Å². The van der Waals surface area contributed by atoms with E-state index in [0.29, 0.717) is 0 Å². The fourth-order valence-corrected chi connectivity index (χ4v) is 3.18. The molecule has 3 rings (SSSR count). The van der Waals surface area contributed by atoms with E-state index in [4.69, 9.17) is 0 Å². The minimum absolute atomic E-state index is 0.720. The zero-order valence-electron chi connectivity index (χ0n) is 9.32. The third-order valence-electron chi connectivity index (χ3n) is 3.87. The number of halogens is 1. The second kappa shape index (κ2) is 4.38. The van der Waals surface area contributed by atoms with Gasteiger partial charge in [-0.25, -0.2) is 0 Å². The molecule has 2 unspecified atom stereocenters. The van der Waals surface area contributed by atoms with E-state index in [1.807, 2.05) is 0 Å². The molecule has 0 bridgehead atoms. The van der Waals surface area contributed by atoms with Crippen molar-refractivity contribution in [1.82, 2.24) is 5.32 Å². The molecule has 0 aliphatic carbocycles. The molecule has 2 saturated heterocycles. The zero-order chi connectivity index (χ0) is 11.0. The van der Waals surface area contributed by atoms with E-state index in [1.54, 1.807) is 0 Å². The summed E-state index contributed by atoms with van der Waals surface area (Å²) in [6.45, 7) is 3.60. The summed E-state index contributed by atoms with van der Waals surface area (Å²) in [6, 6.07) is 9.39. The molecule has 1 aromatic rings. The molecule has 2 nitrogen and oxygen atoms in total. The first-order valence-electron chi connectivity index (χ1n) is 6.07. The van der Waals surface area contributed by atoms with Crippen molar-refractivity contribution in [3.8, 4) is 0 Å². The molecule has 16 heavy (non-hydrogen) atoms. The van der Waals surface area contributed by atoms with E-state index in [0.717, 1.165) is 16.4 Å². The van der Waals surface area contributed by atoms with E-state index in [9.17, 15) is 0 Å². The van der Waals surface area contributed by atoms with Crippen molar-refractivity contribution in [3.63, 3.8) is 0 Å². The molecular weight excluding hydrogens is 264 g/mol. The summed E-state index contributed by atoms with van der Waals surface area (Å²) in [5.41, 5.74) is 1.36. The number of anilines is 1. The van der Waals surface area contributed by atoms with Gasteiger partial charge in [-0.1, -0.05) is 15.9 Å². The molecule has 0 amide bonds. The zero-order valence-corrected chi connectivity index (χ0v) is 10.9. The van der Waals surface area contributed by atoms with Gasteiger partial charge in [0.25, 0.3) is 0 Å². The molecule has 2 aliphatic rings. The quantitative estimate of drug-likeness (QED) is 0.851. The van der Waals surface area contributed by atoms with Gasteiger partial charge >= 0.3 is 0 Å². The molecule has 2 heterocycles. The Hall–Kier alpha value is -0.540. The van der Waals surface area contributed by atoms with Crippen LogP contribution in [0.15, 0.2) is 28.7 Å². The van der Waals surface area contributed by atoms with E-state index in [1.165, 1.54) is 38.2 Å². The summed E-state index contributed by atoms with van der Waals surface area (Å²) in [4.78, 5) is 2.51. The standard InChI is InChI=1S/C13H17BrN2/c14-11-1-3-12(4-2-11)16-8-6-10-5-7-15-13(10)9-16/h1-4,10,13,15H,5-9H2. The highest BCUT2D eigenvalue weighted by atomic mass is 79.9. The van der Waals surface area contributed by atoms with E-state index in [-0.39, 0.29) is 0 Å². The Morgan fingerprint density at radius 1 is 1.19 bits per heavy atom. The number of nitrogens with one attached hydrogen (secondary N) is 1. The van der Waals surface area contributed by atoms with Crippen molar-refractivity contribution in [2.75, 3.05) is 24.5 Å². The van der Waals surface area contributed by atoms with Crippen molar-refractivity contribution in [3.05, 3.63) is 28.7 Å². The van der Waals surface area contributed by atoms with Crippen LogP contribution in [0.4, 0.5) is 5.69 Å². The third kappa shape index (κ3) is 1.98. The van der Waals surface area contributed by atoms with Gasteiger partial charge in [-0.3, -0.25) is 0 Å². The molecule has 0 saturated carbocycles. The lowest BCUT2D eigenvalue weighted by molar-refractivity contribution is 0.374. The summed E-state index contributed by atoms with van der Waals surface area (Å²) in [5, 5.41) is 3.62. The molecule has 2 atom stereocenters. The maximum atomic E-state index is 3.62. The summed E-state index contributed by atoms with van der Waals surface area (Å²) >= 11 is 3.48. The highest BCUT2D eigenvalue weighted by Crippen LogP contribution is 2.28. The lowest BCUT2D eigenvalue weighted by Crippen LogP contribution is -2.46. The number of hydrogen-bond acceptors (Lipinski definition) is 2. The highest BCUT2D eigenvalue weighted by Gasteiger charge is 2.32. The Labute approximate surface area is 105 Å². The molecule has 86 valence electrons. The van der Waals surface area contributed by atoms with Gasteiger partial charge in [-0.15, -0.1) is 0 Å². The van der Waals surface area contributed by atoms with Crippen LogP contribution in [-0.4, -0.2) is 25.7 Å². The fourth-order valence-electron chi connectivity index (χ4n) is 2.92. The Bertz CT molecular complexity index is 363. The van der Waals surface area contributed by atoms with E-state index >= 15 is 0 Å². The topological polar surface area (TPSA) is 15.3 Å². The lowest BCUT2D eigenvalue weighted by Gasteiger charge is -2.36. The van der Waals surface area contributed by atoms with Gasteiger partial charge in [-0.05, 0) is 49.6 Å². The minimum Gasteiger partial charge on any atom is -0.370 e. The van der Waals surface area contributed by atoms with Gasteiger partial charge in [0, 0.05) is 29.3 Å². The maximum absolute atomic E-state index is 3.62. The van der Waals surface area contributed by atoms with Gasteiger partial charge in [0.1, 0.15) is 0 Å². The predicted molar refractivity (Wildman–Crippen MR) is 70.9 cm³/mol. The van der Waals surface area contributed by atoms with Crippen LogP contribution in [0.25, 0.3) is 0 Å². The number of rotatable bonds is 1. The summed E-state index contributed by atoms with van der Waals surface area (Å²) in [5.74, 6) is 0.923. The number of hydrogen-bond donors (Lipinski definition) is 1. The van der Waals surface area contributed by atoms with Crippen LogP contribution in [0.1, 0.15) is 12.8 Å². The number of nitrogens with zero attached hydrogens (tertiary/aromatic N) is 1. The lowest BCUT2D eigenvalue weighted by atomic mass is 9.92. The summed E-state index contributed by atoms with van der Waals surface area (Å²) in [6.07, 6.45) is 2.71. The first-order chi connectivity index (χ1) is 7.83. The molecule has 2 aliphatic heterocycles. The second-order valence-corrected chi connectivity index (χ2v) is 5.74. The van der Waals surface area contributed by atoms with Crippen molar-refractivity contribution in [2.24, 2.45) is 5.92 Å². The van der Waals surface area contributed by atoms with Crippen LogP contribution < -0.4 is 10.2 Å². The average molecular weight is 281 g/mol. The Kier molecular flexibility index (Phi) is 2.90. The van der Waals surface area contributed by atoms with Crippen LogP contribution in [0.2, 0.25) is 0 Å². The number of fused-ring (bicyclic) bond motifs is 1. The van der Waals surface area contributed by atoms with Crippen LogP contribution >= 0.6 is 15.9 Å². The van der Waals surface area contributed by atoms with Gasteiger partial charge < -0.3 is 10.2 Å². The first kappa shape index (κ1) is 10.6. The van der Waals surface area contributed by atoms with Crippen molar-refractivity contribution in [1.29, 1.82) is 0 Å². The molecule has 3 heteroatoms. The van der Waals surface area contributed by atoms with Gasteiger partial charge in [0.05, 0.1) is 0 Å². The fraction of sp³-hybridized carbons (Fsp3) is 0.538. The normalized spacial score (nSPS) is 29.2. The molecule has 0 aromatic heterocycles. The molecule has 1 N–H and O–H groups in total. The van der Waals surface area contributed by atoms with Crippen molar-refractivity contribution < 1.29 is 0 Å². The first-order valence-corrected chi connectivity index (χ1v) is 6.86. The predicted octanol–water partition coefficient (Wildman–Crippen LogP) is 2.64. The van der Waals surface area contributed by atoms with Crippen LogP contribution in [0.3, 0.4) is 0 Å². The number of piperidine rings is 1. The van der Waals surface area contributed by atoms with Crippen LogP contribution in [0, 0.1) is 5.92 Å². The second-order valence-electron chi connectivity index (χ2n) is 4.82. The molecule has 0 radical (unpaired) electrons. The van der Waals surface area contributed by atoms with E-state index in [2.05, 4.69) is 50.4 Å². The molecule has 1 aromatic carbocycles. The van der Waals surface area contributed by atoms with E-state index < -0.39 is 0 Å². The largest absolute Gasteiger partial charge is 0.370 e. The average Bonchev–Trinajstić information content (AvgIpc) is 2.77. The van der Waals surface area contributed by atoms with Crippen LogP contribution in [0.5, 0.6) is 0 Å². The maximum Gasteiger partial charge on any atom is 0.0367 e. The van der Waals surface area contributed by atoms with Gasteiger partial charge in [-0.2, -0.15) is 0 Å².